The van der Waals surface area contributed by atoms with E-state index in [0.29, 0.717) is 29.7 Å². The molecular weight excluding hydrogens is 294 g/mol. The summed E-state index contributed by atoms with van der Waals surface area (Å²) in [5.74, 6) is -1.08. The summed E-state index contributed by atoms with van der Waals surface area (Å²) in [7, 11) is 1.47. The fourth-order valence-electron chi connectivity index (χ4n) is 3.04. The molecule has 6 heteroatoms. The van der Waals surface area contributed by atoms with E-state index in [1.54, 1.807) is 18.2 Å². The van der Waals surface area contributed by atoms with Crippen LogP contribution in [0, 0.1) is 0 Å². The van der Waals surface area contributed by atoms with Crippen molar-refractivity contribution in [1.29, 1.82) is 0 Å². The Morgan fingerprint density at radius 2 is 1.86 bits per heavy atom. The summed E-state index contributed by atoms with van der Waals surface area (Å²) in [4.78, 5) is 22.9. The molecule has 0 atom stereocenters. The first-order valence-corrected chi connectivity index (χ1v) is 7.16. The number of hydrogen-bond acceptors (Lipinski definition) is 4. The van der Waals surface area contributed by atoms with Gasteiger partial charge in [-0.15, -0.1) is 0 Å². The highest BCUT2D eigenvalue weighted by Gasteiger charge is 2.52. The predicted octanol–water partition coefficient (Wildman–Crippen LogP) is 2.94. The lowest BCUT2D eigenvalue weighted by atomic mass is 9.86. The van der Waals surface area contributed by atoms with Crippen LogP contribution in [-0.2, 0) is 19.7 Å². The van der Waals surface area contributed by atoms with Crippen molar-refractivity contribution in [2.75, 3.05) is 7.11 Å². The lowest BCUT2D eigenvalue weighted by molar-refractivity contribution is -0.163. The summed E-state index contributed by atoms with van der Waals surface area (Å²) < 4.78 is 36.4. The van der Waals surface area contributed by atoms with E-state index in [9.17, 15) is 18.4 Å². The van der Waals surface area contributed by atoms with E-state index in [4.69, 9.17) is 4.74 Å². The predicted molar refractivity (Wildman–Crippen MR) is 73.0 cm³/mol. The number of carbonyl (C=O) groups is 2. The highest BCUT2D eigenvalue weighted by Crippen LogP contribution is 2.53. The fraction of sp³-hybridized carbons (Fsp3) is 0.500. The number of alkyl halides is 2. The Labute approximate surface area is 126 Å². The minimum atomic E-state index is -2.42. The highest BCUT2D eigenvalue weighted by atomic mass is 19.3. The quantitative estimate of drug-likeness (QED) is 0.634. The number of methoxy groups -OCH3 is 1. The highest BCUT2D eigenvalue weighted by molar-refractivity contribution is 5.89. The summed E-state index contributed by atoms with van der Waals surface area (Å²) in [6.45, 7) is 0. The molecule has 0 bridgehead atoms. The lowest BCUT2D eigenvalue weighted by Crippen LogP contribution is -2.25. The number of esters is 2. The molecule has 2 aliphatic rings. The van der Waals surface area contributed by atoms with Crippen LogP contribution in [0.4, 0.5) is 8.78 Å². The number of rotatable bonds is 4. The maximum absolute atomic E-state index is 13.3. The van der Waals surface area contributed by atoms with Crippen molar-refractivity contribution in [3.8, 4) is 5.75 Å². The molecule has 1 aliphatic carbocycles. The smallest absolute Gasteiger partial charge is 0.314 e. The van der Waals surface area contributed by atoms with E-state index in [1.165, 1.54) is 7.11 Å². The number of carbonyl (C=O) groups excluding carboxylic acids is 2. The van der Waals surface area contributed by atoms with Crippen LogP contribution in [0.5, 0.6) is 5.75 Å². The van der Waals surface area contributed by atoms with Crippen LogP contribution in [-0.4, -0.2) is 25.5 Å². The minimum absolute atomic E-state index is 0.0488. The van der Waals surface area contributed by atoms with Gasteiger partial charge in [-0.1, -0.05) is 12.1 Å². The molecule has 1 heterocycles. The molecule has 118 valence electrons. The van der Waals surface area contributed by atoms with Crippen molar-refractivity contribution < 1.29 is 27.8 Å². The zero-order valence-corrected chi connectivity index (χ0v) is 12.1. The molecule has 0 aromatic heterocycles. The van der Waals surface area contributed by atoms with Gasteiger partial charge in [0, 0.05) is 5.92 Å². The first-order valence-electron chi connectivity index (χ1n) is 7.16. The van der Waals surface area contributed by atoms with Gasteiger partial charge >= 0.3 is 11.9 Å². The van der Waals surface area contributed by atoms with E-state index in [2.05, 4.69) is 4.74 Å². The normalized spacial score (nSPS) is 20.9. The number of benzene rings is 1. The van der Waals surface area contributed by atoms with Gasteiger partial charge in [-0.3, -0.25) is 9.59 Å². The zero-order valence-electron chi connectivity index (χ0n) is 12.1. The molecule has 1 aliphatic heterocycles. The maximum Gasteiger partial charge on any atom is 0.314 e. The second-order valence-electron chi connectivity index (χ2n) is 5.86. The third-order valence-corrected chi connectivity index (χ3v) is 4.50. The molecule has 0 spiro atoms. The third-order valence-electron chi connectivity index (χ3n) is 4.50. The van der Waals surface area contributed by atoms with Gasteiger partial charge in [0.05, 0.1) is 25.4 Å². The summed E-state index contributed by atoms with van der Waals surface area (Å²) in [6.07, 6.45) is -1.43. The number of cyclic esters (lactones) is 2. The molecule has 1 saturated heterocycles. The average Bonchev–Trinajstić information content (AvgIpc) is 3.27. The third kappa shape index (κ3) is 2.46. The molecule has 0 amide bonds. The van der Waals surface area contributed by atoms with Gasteiger partial charge in [0.2, 0.25) is 6.43 Å². The van der Waals surface area contributed by atoms with Crippen molar-refractivity contribution >= 4 is 11.9 Å². The fourth-order valence-corrected chi connectivity index (χ4v) is 3.04. The Morgan fingerprint density at radius 1 is 1.23 bits per heavy atom. The molecule has 1 aromatic carbocycles. The Morgan fingerprint density at radius 3 is 2.36 bits per heavy atom. The Balaban J connectivity index is 1.98. The molecule has 0 unspecified atom stereocenters. The van der Waals surface area contributed by atoms with Gasteiger partial charge in [-0.05, 0) is 30.0 Å². The van der Waals surface area contributed by atoms with Crippen molar-refractivity contribution in [2.24, 2.45) is 0 Å². The second kappa shape index (κ2) is 5.34. The van der Waals surface area contributed by atoms with E-state index in [1.807, 2.05) is 0 Å². The molecule has 0 N–H and O–H groups in total. The van der Waals surface area contributed by atoms with Gasteiger partial charge in [-0.2, -0.15) is 0 Å². The Hall–Kier alpha value is -1.98. The molecule has 0 radical (unpaired) electrons. The topological polar surface area (TPSA) is 52.6 Å². The summed E-state index contributed by atoms with van der Waals surface area (Å²) in [5.41, 5.74) is 0.0850. The second-order valence-corrected chi connectivity index (χ2v) is 5.86. The van der Waals surface area contributed by atoms with Crippen LogP contribution in [0.1, 0.15) is 42.7 Å². The standard InChI is InChI=1S/C16H16F2O4/c1-21-12-3-2-10(16(4-5-16)15(17)18)8-11(12)9-6-13(19)22-14(20)7-9/h2-3,8-9,15H,4-7H2,1H3. The molecule has 22 heavy (non-hydrogen) atoms. The molecule has 1 aromatic rings. The molecular formula is C16H16F2O4. The van der Waals surface area contributed by atoms with Crippen LogP contribution in [0.25, 0.3) is 0 Å². The van der Waals surface area contributed by atoms with Gasteiger partial charge in [0.1, 0.15) is 5.75 Å². The van der Waals surface area contributed by atoms with Crippen molar-refractivity contribution in [2.45, 2.75) is 43.4 Å². The average molecular weight is 310 g/mol. The molecule has 4 nitrogen and oxygen atoms in total. The first-order chi connectivity index (χ1) is 10.5. The van der Waals surface area contributed by atoms with E-state index >= 15 is 0 Å². The van der Waals surface area contributed by atoms with Crippen LogP contribution >= 0.6 is 0 Å². The number of hydrogen-bond donors (Lipinski definition) is 0. The molecule has 3 rings (SSSR count). The van der Waals surface area contributed by atoms with Crippen LogP contribution in [0.2, 0.25) is 0 Å². The van der Waals surface area contributed by atoms with Crippen LogP contribution in [0.15, 0.2) is 18.2 Å². The molecule has 2 fully saturated rings. The van der Waals surface area contributed by atoms with Gasteiger partial charge < -0.3 is 9.47 Å². The minimum Gasteiger partial charge on any atom is -0.496 e. The van der Waals surface area contributed by atoms with Crippen molar-refractivity contribution in [3.05, 3.63) is 29.3 Å². The monoisotopic (exact) mass is 310 g/mol. The largest absolute Gasteiger partial charge is 0.496 e. The Kier molecular flexibility index (Phi) is 3.62. The SMILES string of the molecule is COc1ccc(C2(C(F)F)CC2)cc1C1CC(=O)OC(=O)C1. The number of halogens is 2. The maximum atomic E-state index is 13.3. The number of ether oxygens (including phenoxy) is 2. The summed E-state index contributed by atoms with van der Waals surface area (Å²) >= 11 is 0. The molecule has 1 saturated carbocycles. The summed E-state index contributed by atoms with van der Waals surface area (Å²) in [5, 5.41) is 0. The van der Waals surface area contributed by atoms with E-state index in [-0.39, 0.29) is 12.8 Å². The van der Waals surface area contributed by atoms with Gasteiger partial charge in [-0.25, -0.2) is 8.78 Å². The van der Waals surface area contributed by atoms with Gasteiger partial charge in [0.25, 0.3) is 0 Å². The van der Waals surface area contributed by atoms with E-state index in [0.717, 1.165) is 0 Å². The van der Waals surface area contributed by atoms with Crippen LogP contribution in [0.3, 0.4) is 0 Å². The lowest BCUT2D eigenvalue weighted by Gasteiger charge is -2.24. The van der Waals surface area contributed by atoms with Gasteiger partial charge in [0.15, 0.2) is 0 Å². The Bertz CT molecular complexity index is 607. The van der Waals surface area contributed by atoms with E-state index < -0.39 is 29.7 Å². The van der Waals surface area contributed by atoms with Crippen molar-refractivity contribution in [3.63, 3.8) is 0 Å². The van der Waals surface area contributed by atoms with Crippen LogP contribution < -0.4 is 4.74 Å². The first kappa shape index (κ1) is 14.9. The summed E-state index contributed by atoms with van der Waals surface area (Å²) in [6, 6.07) is 4.94. The zero-order chi connectivity index (χ0) is 15.9. The van der Waals surface area contributed by atoms with Crippen molar-refractivity contribution in [1.82, 2.24) is 0 Å².